The lowest BCUT2D eigenvalue weighted by Crippen LogP contribution is -2.46. The summed E-state index contributed by atoms with van der Waals surface area (Å²) in [5, 5.41) is 5.52. The number of carbonyl (C=O) groups excluding carboxylic acids is 2. The maximum atomic E-state index is 12.5. The zero-order valence-electron chi connectivity index (χ0n) is 15.0. The van der Waals surface area contributed by atoms with E-state index in [1.54, 1.807) is 23.1 Å². The summed E-state index contributed by atoms with van der Waals surface area (Å²) in [6.45, 7) is 1.81. The van der Waals surface area contributed by atoms with Gasteiger partial charge in [0, 0.05) is 18.1 Å². The number of nitrogens with one attached hydrogen (secondary N) is 1. The molecular formula is C20H23ClN2O3S. The highest BCUT2D eigenvalue weighted by molar-refractivity contribution is 7.12. The third-order valence-electron chi connectivity index (χ3n) is 4.50. The molecule has 0 saturated carbocycles. The Morgan fingerprint density at radius 3 is 2.78 bits per heavy atom. The number of likely N-dealkylation sites (tertiary alicyclic amines) is 1. The summed E-state index contributed by atoms with van der Waals surface area (Å²) >= 11 is 7.25. The molecule has 2 aromatic rings. The van der Waals surface area contributed by atoms with Crippen molar-refractivity contribution in [2.45, 2.75) is 31.7 Å². The van der Waals surface area contributed by atoms with Gasteiger partial charge in [0.25, 0.3) is 5.91 Å². The molecule has 3 rings (SSSR count). The van der Waals surface area contributed by atoms with Crippen LogP contribution in [-0.4, -0.2) is 42.5 Å². The molecule has 1 atom stereocenters. The molecule has 1 aromatic carbocycles. The number of amides is 2. The maximum Gasteiger partial charge on any atom is 0.264 e. The van der Waals surface area contributed by atoms with Crippen LogP contribution in [0.3, 0.4) is 0 Å². The predicted molar refractivity (Wildman–Crippen MR) is 108 cm³/mol. The Labute approximate surface area is 168 Å². The van der Waals surface area contributed by atoms with Crippen LogP contribution in [0.2, 0.25) is 5.02 Å². The second-order valence-corrected chi connectivity index (χ2v) is 7.82. The fourth-order valence-electron chi connectivity index (χ4n) is 3.10. The lowest BCUT2D eigenvalue weighted by atomic mass is 10.2. The summed E-state index contributed by atoms with van der Waals surface area (Å²) in [5.74, 6) is 0.687. The fraction of sp³-hybridized carbons (Fsp3) is 0.400. The maximum absolute atomic E-state index is 12.5. The van der Waals surface area contributed by atoms with Crippen molar-refractivity contribution in [1.29, 1.82) is 0 Å². The van der Waals surface area contributed by atoms with Crippen molar-refractivity contribution >= 4 is 34.8 Å². The second-order valence-electron chi connectivity index (χ2n) is 6.43. The van der Waals surface area contributed by atoms with Gasteiger partial charge in [-0.3, -0.25) is 9.59 Å². The van der Waals surface area contributed by atoms with E-state index >= 15 is 0 Å². The molecule has 1 aromatic heterocycles. The van der Waals surface area contributed by atoms with Crippen LogP contribution in [0.25, 0.3) is 0 Å². The Morgan fingerprint density at radius 1 is 1.22 bits per heavy atom. The van der Waals surface area contributed by atoms with Gasteiger partial charge in [-0.05, 0) is 61.4 Å². The number of ether oxygens (including phenoxy) is 1. The van der Waals surface area contributed by atoms with E-state index in [1.807, 2.05) is 23.6 Å². The first-order chi connectivity index (χ1) is 13.1. The molecule has 144 valence electrons. The Balaban J connectivity index is 1.36. The number of nitrogens with zero attached hydrogens (tertiary/aromatic N) is 1. The molecule has 1 saturated heterocycles. The molecule has 0 radical (unpaired) electrons. The van der Waals surface area contributed by atoms with Gasteiger partial charge in [0.2, 0.25) is 5.91 Å². The lowest BCUT2D eigenvalue weighted by Gasteiger charge is -2.23. The minimum atomic E-state index is -0.357. The molecule has 1 N–H and O–H groups in total. The van der Waals surface area contributed by atoms with E-state index in [4.69, 9.17) is 16.3 Å². The highest BCUT2D eigenvalue weighted by Gasteiger charge is 2.34. The molecule has 1 fully saturated rings. The van der Waals surface area contributed by atoms with Crippen LogP contribution in [0.15, 0.2) is 41.8 Å². The number of unbranched alkanes of at least 4 members (excludes halogenated alkanes) is 1. The van der Waals surface area contributed by atoms with Gasteiger partial charge in [0.1, 0.15) is 11.8 Å². The van der Waals surface area contributed by atoms with Crippen LogP contribution in [-0.2, 0) is 4.79 Å². The van der Waals surface area contributed by atoms with Crippen molar-refractivity contribution in [2.24, 2.45) is 0 Å². The Bertz CT molecular complexity index is 749. The van der Waals surface area contributed by atoms with E-state index in [0.29, 0.717) is 29.6 Å². The van der Waals surface area contributed by atoms with E-state index in [0.717, 1.165) is 31.4 Å². The summed E-state index contributed by atoms with van der Waals surface area (Å²) in [4.78, 5) is 27.4. The number of halogens is 1. The van der Waals surface area contributed by atoms with Crippen LogP contribution in [0.1, 0.15) is 35.4 Å². The van der Waals surface area contributed by atoms with Crippen molar-refractivity contribution in [1.82, 2.24) is 10.2 Å². The Kier molecular flexibility index (Phi) is 7.12. The molecular weight excluding hydrogens is 384 g/mol. The summed E-state index contributed by atoms with van der Waals surface area (Å²) in [7, 11) is 0. The molecule has 7 heteroatoms. The van der Waals surface area contributed by atoms with E-state index < -0.39 is 0 Å². The van der Waals surface area contributed by atoms with Crippen LogP contribution >= 0.6 is 22.9 Å². The third kappa shape index (κ3) is 5.47. The monoisotopic (exact) mass is 406 g/mol. The number of benzene rings is 1. The summed E-state index contributed by atoms with van der Waals surface area (Å²) < 4.78 is 5.63. The van der Waals surface area contributed by atoms with Gasteiger partial charge in [0.15, 0.2) is 0 Å². The summed E-state index contributed by atoms with van der Waals surface area (Å²) in [5.41, 5.74) is 0. The highest BCUT2D eigenvalue weighted by Crippen LogP contribution is 2.22. The first-order valence-corrected chi connectivity index (χ1v) is 10.4. The van der Waals surface area contributed by atoms with Gasteiger partial charge in [-0.25, -0.2) is 0 Å². The molecule has 0 spiro atoms. The lowest BCUT2D eigenvalue weighted by molar-refractivity contribution is -0.124. The Hall–Kier alpha value is -2.05. The van der Waals surface area contributed by atoms with Gasteiger partial charge >= 0.3 is 0 Å². The van der Waals surface area contributed by atoms with Crippen molar-refractivity contribution < 1.29 is 14.3 Å². The molecule has 1 aliphatic heterocycles. The van der Waals surface area contributed by atoms with E-state index in [-0.39, 0.29) is 17.9 Å². The van der Waals surface area contributed by atoms with Crippen molar-refractivity contribution in [3.8, 4) is 5.75 Å². The number of hydrogen-bond acceptors (Lipinski definition) is 4. The molecule has 0 bridgehead atoms. The fourth-order valence-corrected chi connectivity index (χ4v) is 3.91. The highest BCUT2D eigenvalue weighted by atomic mass is 35.5. The first-order valence-electron chi connectivity index (χ1n) is 9.16. The number of hydrogen-bond donors (Lipinski definition) is 1. The normalized spacial score (nSPS) is 16.3. The van der Waals surface area contributed by atoms with Gasteiger partial charge in [-0.1, -0.05) is 17.7 Å². The van der Waals surface area contributed by atoms with Crippen LogP contribution in [0, 0.1) is 0 Å². The molecule has 5 nitrogen and oxygen atoms in total. The van der Waals surface area contributed by atoms with Gasteiger partial charge in [-0.15, -0.1) is 11.3 Å². The zero-order chi connectivity index (χ0) is 19.1. The summed E-state index contributed by atoms with van der Waals surface area (Å²) in [6, 6.07) is 10.6. The van der Waals surface area contributed by atoms with E-state index in [9.17, 15) is 9.59 Å². The van der Waals surface area contributed by atoms with Crippen molar-refractivity contribution in [3.05, 3.63) is 51.7 Å². The molecule has 2 amide bonds. The van der Waals surface area contributed by atoms with Crippen LogP contribution < -0.4 is 10.1 Å². The standard InChI is InChI=1S/C20H23ClN2O3S/c21-15-7-9-16(10-8-15)26-13-2-1-11-22-19(24)17-5-3-12-23(17)20(25)18-6-4-14-27-18/h4,6-10,14,17H,1-3,5,11-13H2,(H,22,24)/t17-/m0/s1. The minimum Gasteiger partial charge on any atom is -0.494 e. The topological polar surface area (TPSA) is 58.6 Å². The largest absolute Gasteiger partial charge is 0.494 e. The molecule has 27 heavy (non-hydrogen) atoms. The van der Waals surface area contributed by atoms with Crippen LogP contribution in [0.4, 0.5) is 0 Å². The predicted octanol–water partition coefficient (Wildman–Crippen LogP) is 3.98. The number of rotatable bonds is 8. The van der Waals surface area contributed by atoms with Gasteiger partial charge < -0.3 is 15.0 Å². The smallest absolute Gasteiger partial charge is 0.264 e. The second kappa shape index (κ2) is 9.76. The SMILES string of the molecule is O=C(NCCCCOc1ccc(Cl)cc1)[C@@H]1CCCN1C(=O)c1cccs1. The van der Waals surface area contributed by atoms with Crippen molar-refractivity contribution in [3.63, 3.8) is 0 Å². The van der Waals surface area contributed by atoms with Crippen LogP contribution in [0.5, 0.6) is 5.75 Å². The van der Waals surface area contributed by atoms with Gasteiger partial charge in [0.05, 0.1) is 11.5 Å². The average molecular weight is 407 g/mol. The summed E-state index contributed by atoms with van der Waals surface area (Å²) in [6.07, 6.45) is 3.25. The van der Waals surface area contributed by atoms with Gasteiger partial charge in [-0.2, -0.15) is 0 Å². The number of carbonyl (C=O) groups is 2. The quantitative estimate of drug-likeness (QED) is 0.674. The third-order valence-corrected chi connectivity index (χ3v) is 5.61. The average Bonchev–Trinajstić information content (AvgIpc) is 3.37. The molecule has 1 aliphatic rings. The Morgan fingerprint density at radius 2 is 2.04 bits per heavy atom. The molecule has 2 heterocycles. The molecule has 0 unspecified atom stereocenters. The van der Waals surface area contributed by atoms with E-state index in [2.05, 4.69) is 5.32 Å². The zero-order valence-corrected chi connectivity index (χ0v) is 16.6. The van der Waals surface area contributed by atoms with E-state index in [1.165, 1.54) is 11.3 Å². The molecule has 0 aliphatic carbocycles. The minimum absolute atomic E-state index is 0.0426. The first kappa shape index (κ1) is 19.7. The number of thiophene rings is 1. The van der Waals surface area contributed by atoms with Crippen molar-refractivity contribution in [2.75, 3.05) is 19.7 Å².